The lowest BCUT2D eigenvalue weighted by molar-refractivity contribution is -0.137. The van der Waals surface area contributed by atoms with Crippen LogP contribution in [0.15, 0.2) is 41.6 Å². The van der Waals surface area contributed by atoms with Gasteiger partial charge in [0.25, 0.3) is 0 Å². The van der Waals surface area contributed by atoms with E-state index in [4.69, 9.17) is 29.6 Å². The molecule has 0 radical (unpaired) electrons. The first-order chi connectivity index (χ1) is 13.0. The number of halogens is 6. The smallest absolute Gasteiger partial charge is 0.357 e. The zero-order chi connectivity index (χ0) is 21.5. The number of rotatable bonds is 4. The number of nitrogens with one attached hydrogen (secondary N) is 1. The minimum atomic E-state index is -4.60. The average Bonchev–Trinajstić information content (AvgIpc) is 2.57. The first-order valence-corrected chi connectivity index (χ1v) is 8.77. The van der Waals surface area contributed by atoms with E-state index in [1.54, 1.807) is 6.92 Å². The second-order valence-corrected chi connectivity index (χ2v) is 5.89. The summed E-state index contributed by atoms with van der Waals surface area (Å²) in [5.74, 6) is -2.37. The Kier molecular flexibility index (Phi) is 8.51. The third-order valence-electron chi connectivity index (χ3n) is 3.09. The van der Waals surface area contributed by atoms with Gasteiger partial charge in [0.15, 0.2) is 17.4 Å². The maximum Gasteiger partial charge on any atom is 0.417 e. The van der Waals surface area contributed by atoms with E-state index in [9.17, 15) is 22.0 Å². The highest BCUT2D eigenvalue weighted by atomic mass is 35.5. The molecule has 152 valence electrons. The molecule has 12 heteroatoms. The number of hydrogen-bond acceptors (Lipinski definition) is 5. The van der Waals surface area contributed by atoms with E-state index in [1.165, 1.54) is 0 Å². The highest BCUT2D eigenvalue weighted by Crippen LogP contribution is 2.34. The Bertz CT molecular complexity index is 972. The van der Waals surface area contributed by atoms with Crippen molar-refractivity contribution in [3.8, 4) is 5.75 Å². The SMILES string of the molecule is CC/C(=N\Oc1ccc(F)c(F)c1)c1cc(Cl)ccc1C(F)(F)F.N=S(=O)=O. The van der Waals surface area contributed by atoms with E-state index in [-0.39, 0.29) is 28.5 Å². The summed E-state index contributed by atoms with van der Waals surface area (Å²) < 4.78 is 88.1. The summed E-state index contributed by atoms with van der Waals surface area (Å²) >= 11 is 5.77. The molecule has 0 amide bonds. The third kappa shape index (κ3) is 7.24. The lowest BCUT2D eigenvalue weighted by Gasteiger charge is -2.14. The molecule has 0 bridgehead atoms. The molecule has 0 aliphatic carbocycles. The van der Waals surface area contributed by atoms with E-state index in [1.807, 2.05) is 0 Å². The molecular weight excluding hydrogens is 431 g/mol. The number of benzene rings is 2. The Morgan fingerprint density at radius 2 is 1.75 bits per heavy atom. The van der Waals surface area contributed by atoms with Crippen molar-refractivity contribution in [1.82, 2.24) is 0 Å². The van der Waals surface area contributed by atoms with Crippen LogP contribution in [0.5, 0.6) is 5.75 Å². The molecule has 0 aromatic heterocycles. The molecule has 0 aliphatic heterocycles. The molecule has 0 saturated heterocycles. The second-order valence-electron chi connectivity index (χ2n) is 4.98. The van der Waals surface area contributed by atoms with Crippen LogP contribution in [0.2, 0.25) is 5.02 Å². The molecule has 0 spiro atoms. The van der Waals surface area contributed by atoms with Crippen LogP contribution in [0, 0.1) is 16.4 Å². The highest BCUT2D eigenvalue weighted by molar-refractivity contribution is 7.60. The fourth-order valence-electron chi connectivity index (χ4n) is 1.95. The van der Waals surface area contributed by atoms with Crippen molar-refractivity contribution < 1.29 is 35.2 Å². The normalized spacial score (nSPS) is 11.5. The Balaban J connectivity index is 0.000000892. The van der Waals surface area contributed by atoms with E-state index in [0.29, 0.717) is 0 Å². The van der Waals surface area contributed by atoms with Gasteiger partial charge in [-0.15, -0.1) is 0 Å². The van der Waals surface area contributed by atoms with Crippen LogP contribution < -0.4 is 4.84 Å². The molecule has 2 aromatic carbocycles. The van der Waals surface area contributed by atoms with Crippen molar-refractivity contribution in [2.75, 3.05) is 0 Å². The number of alkyl halides is 3. The summed E-state index contributed by atoms with van der Waals surface area (Å²) in [6.45, 7) is 1.58. The maximum atomic E-state index is 13.1. The summed E-state index contributed by atoms with van der Waals surface area (Å²) in [6.07, 6.45) is -4.50. The monoisotopic (exact) mass is 442 g/mol. The molecule has 0 saturated carbocycles. The topological polar surface area (TPSA) is 79.6 Å². The summed E-state index contributed by atoms with van der Waals surface area (Å²) in [7, 11) is -2.61. The largest absolute Gasteiger partial charge is 0.417 e. The van der Waals surface area contributed by atoms with Gasteiger partial charge in [0.2, 0.25) is 0 Å². The number of oxime groups is 1. The van der Waals surface area contributed by atoms with Gasteiger partial charge in [0.1, 0.15) is 0 Å². The van der Waals surface area contributed by atoms with Gasteiger partial charge in [-0.2, -0.15) is 26.4 Å². The van der Waals surface area contributed by atoms with Gasteiger partial charge in [0, 0.05) is 16.7 Å². The van der Waals surface area contributed by atoms with Crippen molar-refractivity contribution >= 4 is 27.8 Å². The molecule has 0 fully saturated rings. The van der Waals surface area contributed by atoms with Crippen LogP contribution in [-0.2, 0) is 16.7 Å². The van der Waals surface area contributed by atoms with Gasteiger partial charge in [-0.1, -0.05) is 23.7 Å². The van der Waals surface area contributed by atoms with Crippen molar-refractivity contribution in [3.63, 3.8) is 0 Å². The minimum absolute atomic E-state index is 0.0328. The van der Waals surface area contributed by atoms with Gasteiger partial charge < -0.3 is 4.84 Å². The fourth-order valence-corrected chi connectivity index (χ4v) is 2.12. The molecule has 0 unspecified atom stereocenters. The standard InChI is InChI=1S/C16H11ClF5NO.HNO2S/c1-2-15(23-24-10-4-6-13(18)14(19)8-10)11-7-9(17)3-5-12(11)16(20,21)22;1-4(2)3/h3-8H,2H2,1H3;1H/b23-15+;. The van der Waals surface area contributed by atoms with Crippen molar-refractivity contribution in [2.24, 2.45) is 5.16 Å². The predicted molar refractivity (Wildman–Crippen MR) is 91.9 cm³/mol. The molecule has 28 heavy (non-hydrogen) atoms. The number of nitrogens with zero attached hydrogens (tertiary/aromatic N) is 1. The first kappa shape index (κ1) is 23.5. The fraction of sp³-hybridized carbons (Fsp3) is 0.188. The molecule has 0 aliphatic rings. The van der Waals surface area contributed by atoms with E-state index in [2.05, 4.69) is 5.16 Å². The lowest BCUT2D eigenvalue weighted by atomic mass is 10.0. The van der Waals surface area contributed by atoms with E-state index >= 15 is 0 Å². The Labute approximate surface area is 162 Å². The van der Waals surface area contributed by atoms with Crippen LogP contribution in [0.3, 0.4) is 0 Å². The van der Waals surface area contributed by atoms with Crippen molar-refractivity contribution in [3.05, 3.63) is 64.2 Å². The quantitative estimate of drug-likeness (QED) is 0.388. The van der Waals surface area contributed by atoms with Crippen LogP contribution >= 0.6 is 11.6 Å². The third-order valence-corrected chi connectivity index (χ3v) is 3.32. The van der Waals surface area contributed by atoms with Crippen LogP contribution in [-0.4, -0.2) is 14.1 Å². The number of hydrogen-bond donors (Lipinski definition) is 1. The molecule has 1 N–H and O–H groups in total. The molecule has 0 heterocycles. The first-order valence-electron chi connectivity index (χ1n) is 7.32. The average molecular weight is 443 g/mol. The maximum absolute atomic E-state index is 13.1. The molecule has 0 atom stereocenters. The van der Waals surface area contributed by atoms with Crippen molar-refractivity contribution in [2.45, 2.75) is 19.5 Å². The Hall–Kier alpha value is -2.53. The van der Waals surface area contributed by atoms with E-state index in [0.717, 1.165) is 36.4 Å². The van der Waals surface area contributed by atoms with Gasteiger partial charge >= 0.3 is 16.7 Å². The highest BCUT2D eigenvalue weighted by Gasteiger charge is 2.34. The van der Waals surface area contributed by atoms with Crippen LogP contribution in [0.4, 0.5) is 22.0 Å². The Morgan fingerprint density at radius 3 is 2.25 bits per heavy atom. The van der Waals surface area contributed by atoms with Gasteiger partial charge in [-0.25, -0.2) is 8.78 Å². The van der Waals surface area contributed by atoms with Crippen LogP contribution in [0.25, 0.3) is 0 Å². The summed E-state index contributed by atoms with van der Waals surface area (Å²) in [5, 5.41) is 3.74. The molecule has 5 nitrogen and oxygen atoms in total. The minimum Gasteiger partial charge on any atom is -0.357 e. The summed E-state index contributed by atoms with van der Waals surface area (Å²) in [4.78, 5) is 4.93. The van der Waals surface area contributed by atoms with Gasteiger partial charge in [-0.05, 0) is 36.8 Å². The molecule has 2 aromatic rings. The molecular formula is C16H12ClF5N2O3S. The Morgan fingerprint density at radius 1 is 1.14 bits per heavy atom. The molecule has 2 rings (SSSR count). The van der Waals surface area contributed by atoms with E-state index < -0.39 is 33.9 Å². The van der Waals surface area contributed by atoms with Gasteiger partial charge in [-0.3, -0.25) is 0 Å². The second kappa shape index (κ2) is 10.1. The lowest BCUT2D eigenvalue weighted by Crippen LogP contribution is -2.14. The summed E-state index contributed by atoms with van der Waals surface area (Å²) in [6, 6.07) is 5.78. The van der Waals surface area contributed by atoms with Crippen LogP contribution in [0.1, 0.15) is 24.5 Å². The summed E-state index contributed by atoms with van der Waals surface area (Å²) in [5.41, 5.74) is -1.18. The zero-order valence-corrected chi connectivity index (χ0v) is 15.6. The zero-order valence-electron chi connectivity index (χ0n) is 14.0. The van der Waals surface area contributed by atoms with Gasteiger partial charge in [0.05, 0.1) is 11.3 Å². The predicted octanol–water partition coefficient (Wildman–Crippen LogP) is 5.46. The van der Waals surface area contributed by atoms with Crippen molar-refractivity contribution in [1.29, 1.82) is 4.78 Å².